The van der Waals surface area contributed by atoms with Crippen LogP contribution in [0, 0.1) is 52.8 Å². The highest BCUT2D eigenvalue weighted by molar-refractivity contribution is 5.89. The molecule has 0 unspecified atom stereocenters. The number of hydrogen-bond acceptors (Lipinski definition) is 1. The average Bonchev–Trinajstić information content (AvgIpc) is 2.79. The summed E-state index contributed by atoms with van der Waals surface area (Å²) < 4.78 is 0. The van der Waals surface area contributed by atoms with E-state index in [1.165, 1.54) is 25.7 Å². The van der Waals surface area contributed by atoms with Crippen LogP contribution in [0.3, 0.4) is 0 Å². The van der Waals surface area contributed by atoms with Crippen molar-refractivity contribution >= 4 is 5.78 Å². The van der Waals surface area contributed by atoms with Gasteiger partial charge in [0.2, 0.25) is 0 Å². The molecule has 4 aliphatic rings. The molecule has 0 radical (unpaired) electrons. The Bertz CT molecular complexity index is 649. The lowest BCUT2D eigenvalue weighted by Gasteiger charge is -2.58. The Kier molecular flexibility index (Phi) is 3.58. The zero-order valence-electron chi connectivity index (χ0n) is 15.8. The third-order valence-corrected chi connectivity index (χ3v) is 8.71. The molecule has 0 spiro atoms. The monoisotopic (exact) mass is 324 g/mol. The third kappa shape index (κ3) is 1.98. The summed E-state index contributed by atoms with van der Waals surface area (Å²) in [6.45, 7) is 9.33. The van der Waals surface area contributed by atoms with Gasteiger partial charge in [-0.3, -0.25) is 4.79 Å². The molecule has 0 aromatic carbocycles. The van der Waals surface area contributed by atoms with Gasteiger partial charge in [0.25, 0.3) is 0 Å². The maximum absolute atomic E-state index is 12.8. The van der Waals surface area contributed by atoms with E-state index >= 15 is 0 Å². The fourth-order valence-corrected chi connectivity index (χ4v) is 7.37. The van der Waals surface area contributed by atoms with Gasteiger partial charge in [0.05, 0.1) is 0 Å². The second-order valence-electron chi connectivity index (χ2n) is 9.82. The molecule has 0 bridgehead atoms. The van der Waals surface area contributed by atoms with Crippen molar-refractivity contribution in [1.29, 1.82) is 0 Å². The lowest BCUT2D eigenvalue weighted by atomic mass is 9.46. The van der Waals surface area contributed by atoms with Gasteiger partial charge in [0.1, 0.15) is 5.78 Å². The van der Waals surface area contributed by atoms with Crippen molar-refractivity contribution in [1.82, 2.24) is 0 Å². The number of carbonyl (C=O) groups excluding carboxylic acids is 1. The second kappa shape index (κ2) is 5.23. The molecule has 0 heterocycles. The molecule has 1 heteroatoms. The number of hydrogen-bond donors (Lipinski definition) is 0. The zero-order valence-corrected chi connectivity index (χ0v) is 15.8. The Morgan fingerprint density at radius 1 is 1.08 bits per heavy atom. The van der Waals surface area contributed by atoms with Gasteiger partial charge in [-0.25, -0.2) is 0 Å². The number of allylic oxidation sites excluding steroid dienone is 2. The van der Waals surface area contributed by atoms with Gasteiger partial charge in [0.15, 0.2) is 0 Å². The molecule has 130 valence electrons. The summed E-state index contributed by atoms with van der Waals surface area (Å²) in [6.07, 6.45) is 14.0. The van der Waals surface area contributed by atoms with E-state index in [0.29, 0.717) is 29.0 Å². The van der Waals surface area contributed by atoms with Crippen LogP contribution in [-0.2, 0) is 4.79 Å². The Hall–Kier alpha value is -1.03. The van der Waals surface area contributed by atoms with E-state index in [4.69, 9.17) is 6.42 Å². The molecule has 24 heavy (non-hydrogen) atoms. The van der Waals surface area contributed by atoms with E-state index in [1.54, 1.807) is 11.1 Å². The molecule has 0 aromatic heterocycles. The Morgan fingerprint density at radius 2 is 1.79 bits per heavy atom. The van der Waals surface area contributed by atoms with Gasteiger partial charge in [-0.05, 0) is 75.0 Å². The van der Waals surface area contributed by atoms with Crippen LogP contribution in [0.15, 0.2) is 11.1 Å². The van der Waals surface area contributed by atoms with E-state index in [9.17, 15) is 4.79 Å². The van der Waals surface area contributed by atoms with Crippen molar-refractivity contribution in [2.24, 2.45) is 40.4 Å². The van der Waals surface area contributed by atoms with Crippen LogP contribution < -0.4 is 0 Å². The van der Waals surface area contributed by atoms with E-state index in [1.807, 2.05) is 0 Å². The van der Waals surface area contributed by atoms with Crippen LogP contribution >= 0.6 is 0 Å². The Balaban J connectivity index is 1.73. The molecule has 4 aliphatic carbocycles. The van der Waals surface area contributed by atoms with Crippen molar-refractivity contribution in [3.63, 3.8) is 0 Å². The largest absolute Gasteiger partial charge is 0.299 e. The van der Waals surface area contributed by atoms with E-state index in [-0.39, 0.29) is 11.3 Å². The molecule has 0 aliphatic heterocycles. The highest BCUT2D eigenvalue weighted by Gasteiger charge is 2.60. The van der Waals surface area contributed by atoms with Crippen molar-refractivity contribution in [3.8, 4) is 12.3 Å². The molecule has 4 rings (SSSR count). The first-order chi connectivity index (χ1) is 11.3. The maximum Gasteiger partial charge on any atom is 0.141 e. The predicted octanol–water partition coefficient (Wildman–Crippen LogP) is 5.40. The molecule has 0 saturated heterocycles. The predicted molar refractivity (Wildman–Crippen MR) is 98.2 cm³/mol. The van der Waals surface area contributed by atoms with E-state index in [2.05, 4.69) is 33.6 Å². The molecule has 3 fully saturated rings. The van der Waals surface area contributed by atoms with Gasteiger partial charge in [0, 0.05) is 17.3 Å². The van der Waals surface area contributed by atoms with Crippen LogP contribution in [0.5, 0.6) is 0 Å². The van der Waals surface area contributed by atoms with Crippen LogP contribution in [0.1, 0.15) is 72.6 Å². The number of rotatable bonds is 0. The summed E-state index contributed by atoms with van der Waals surface area (Å²) in [7, 11) is 0. The smallest absolute Gasteiger partial charge is 0.141 e. The number of carbonyl (C=O) groups is 1. The number of ketones is 1. The highest BCUT2D eigenvalue weighted by atomic mass is 16.1. The Morgan fingerprint density at radius 3 is 2.50 bits per heavy atom. The molecular weight excluding hydrogens is 292 g/mol. The number of Topliss-reactive ketones (excluding diaryl/α,β-unsaturated/α-hetero) is 1. The lowest BCUT2D eigenvalue weighted by Crippen LogP contribution is -2.50. The summed E-state index contributed by atoms with van der Waals surface area (Å²) in [5, 5.41) is 0. The minimum Gasteiger partial charge on any atom is -0.299 e. The van der Waals surface area contributed by atoms with E-state index in [0.717, 1.165) is 25.2 Å². The van der Waals surface area contributed by atoms with Crippen LogP contribution in [0.4, 0.5) is 0 Å². The number of fused-ring (bicyclic) bond motifs is 5. The molecule has 0 aromatic rings. The molecule has 0 N–H and O–H groups in total. The molecule has 1 nitrogen and oxygen atoms in total. The minimum absolute atomic E-state index is 0.0370. The topological polar surface area (TPSA) is 17.1 Å². The minimum atomic E-state index is -0.0370. The zero-order chi connectivity index (χ0) is 17.3. The molecule has 3 saturated carbocycles. The quantitative estimate of drug-likeness (QED) is 0.430. The van der Waals surface area contributed by atoms with Crippen molar-refractivity contribution in [2.45, 2.75) is 72.6 Å². The van der Waals surface area contributed by atoms with Crippen molar-refractivity contribution in [3.05, 3.63) is 11.1 Å². The standard InChI is InChI=1S/C23H32O/c1-6-16-7-9-22(4)18-8-10-23(5)20(12-15(3)21(23)24)17(18)11-14(2)19(22)13-16/h1,15-18,20H,7-13H2,2-5H3/t15-,16+,17-,18+,20+,22-,23+/m1/s1. The lowest BCUT2D eigenvalue weighted by molar-refractivity contribution is -0.133. The number of terminal acetylenes is 1. The average molecular weight is 325 g/mol. The van der Waals surface area contributed by atoms with E-state index < -0.39 is 0 Å². The van der Waals surface area contributed by atoms with Gasteiger partial charge in [-0.15, -0.1) is 12.3 Å². The molecular formula is C23H32O. The SMILES string of the molecule is C#C[C@H]1CC[C@@]2(C)C(=C(C)C[C@@H]3[C@@H]2CC[C@]2(C)C(=O)[C@H](C)C[C@@H]32)C1. The second-order valence-corrected chi connectivity index (χ2v) is 9.82. The van der Waals surface area contributed by atoms with Crippen LogP contribution in [0.2, 0.25) is 0 Å². The first kappa shape index (κ1) is 16.4. The summed E-state index contributed by atoms with van der Waals surface area (Å²) in [5.74, 6) is 6.39. The third-order valence-electron chi connectivity index (χ3n) is 8.71. The summed E-state index contributed by atoms with van der Waals surface area (Å²) in [6, 6.07) is 0. The first-order valence-electron chi connectivity index (χ1n) is 10.0. The Labute approximate surface area is 147 Å². The van der Waals surface area contributed by atoms with Crippen LogP contribution in [0.25, 0.3) is 0 Å². The van der Waals surface area contributed by atoms with Crippen molar-refractivity contribution < 1.29 is 4.79 Å². The normalized spacial score (nSPS) is 50.8. The van der Waals surface area contributed by atoms with Crippen LogP contribution in [-0.4, -0.2) is 5.78 Å². The van der Waals surface area contributed by atoms with Gasteiger partial charge in [-0.1, -0.05) is 31.9 Å². The summed E-state index contributed by atoms with van der Waals surface area (Å²) in [5.41, 5.74) is 3.61. The fraction of sp³-hybridized carbons (Fsp3) is 0.783. The maximum atomic E-state index is 12.8. The van der Waals surface area contributed by atoms with Crippen molar-refractivity contribution in [2.75, 3.05) is 0 Å². The summed E-state index contributed by atoms with van der Waals surface area (Å²) >= 11 is 0. The molecule has 7 atom stereocenters. The summed E-state index contributed by atoms with van der Waals surface area (Å²) in [4.78, 5) is 12.8. The fourth-order valence-electron chi connectivity index (χ4n) is 7.37. The first-order valence-corrected chi connectivity index (χ1v) is 10.0. The van der Waals surface area contributed by atoms with Gasteiger partial charge >= 0.3 is 0 Å². The van der Waals surface area contributed by atoms with Gasteiger partial charge < -0.3 is 0 Å². The molecule has 0 amide bonds. The van der Waals surface area contributed by atoms with Gasteiger partial charge in [-0.2, -0.15) is 0 Å². The highest BCUT2D eigenvalue weighted by Crippen LogP contribution is 2.66.